The molecule has 1 aliphatic rings. The minimum absolute atomic E-state index is 0.596. The first-order valence-electron chi connectivity index (χ1n) is 5.91. The predicted octanol–water partition coefficient (Wildman–Crippen LogP) is 3.36. The van der Waals surface area contributed by atoms with Crippen molar-refractivity contribution in [3.8, 4) is 0 Å². The van der Waals surface area contributed by atoms with Crippen LogP contribution in [-0.4, -0.2) is 12.6 Å². The smallest absolute Gasteiger partial charge is 0.0408 e. The minimum Gasteiger partial charge on any atom is -0.313 e. The van der Waals surface area contributed by atoms with E-state index < -0.39 is 0 Å². The molecule has 1 nitrogen and oxygen atoms in total. The lowest BCUT2D eigenvalue weighted by molar-refractivity contribution is 0.539. The molecule has 0 saturated carbocycles. The fourth-order valence-electron chi connectivity index (χ4n) is 2.27. The molecule has 2 rings (SSSR count). The quantitative estimate of drug-likeness (QED) is 0.623. The molecule has 0 radical (unpaired) electrons. The molecule has 0 fully saturated rings. The van der Waals surface area contributed by atoms with Crippen LogP contribution in [0.2, 0.25) is 5.02 Å². The second kappa shape index (κ2) is 5.51. The lowest BCUT2D eigenvalue weighted by Gasteiger charge is -2.10. The monoisotopic (exact) mass is 235 g/mol. The molecule has 0 saturated heterocycles. The van der Waals surface area contributed by atoms with E-state index in [1.807, 2.05) is 6.07 Å². The Bertz CT molecular complexity index is 384. The van der Waals surface area contributed by atoms with Crippen LogP contribution in [0, 0.1) is 0 Å². The Morgan fingerprint density at radius 1 is 1.38 bits per heavy atom. The SMILES string of the molecule is C/C=C/CCNC1Cc2ccc(Cl)cc2C1. The zero-order valence-electron chi connectivity index (χ0n) is 9.67. The molecule has 1 aromatic rings. The van der Waals surface area contributed by atoms with E-state index in [1.54, 1.807) is 0 Å². The standard InChI is InChI=1S/C14H18ClN/c1-2-3-4-7-16-14-9-11-5-6-13(15)8-12(11)10-14/h2-3,5-6,8,14,16H,4,7,9-10H2,1H3/b3-2+. The van der Waals surface area contributed by atoms with Gasteiger partial charge in [-0.15, -0.1) is 0 Å². The molecule has 1 unspecified atom stereocenters. The molecule has 1 aromatic carbocycles. The molecule has 86 valence electrons. The van der Waals surface area contributed by atoms with Gasteiger partial charge in [-0.25, -0.2) is 0 Å². The van der Waals surface area contributed by atoms with Crippen LogP contribution in [0.25, 0.3) is 0 Å². The number of benzene rings is 1. The van der Waals surface area contributed by atoms with Gasteiger partial charge in [0.25, 0.3) is 0 Å². The molecule has 0 spiro atoms. The zero-order valence-corrected chi connectivity index (χ0v) is 10.4. The van der Waals surface area contributed by atoms with E-state index in [0.29, 0.717) is 6.04 Å². The lowest BCUT2D eigenvalue weighted by atomic mass is 10.1. The van der Waals surface area contributed by atoms with Gasteiger partial charge in [0, 0.05) is 11.1 Å². The first-order valence-corrected chi connectivity index (χ1v) is 6.29. The summed E-state index contributed by atoms with van der Waals surface area (Å²) in [7, 11) is 0. The van der Waals surface area contributed by atoms with Crippen molar-refractivity contribution in [1.29, 1.82) is 0 Å². The maximum Gasteiger partial charge on any atom is 0.0408 e. The summed E-state index contributed by atoms with van der Waals surface area (Å²) in [6.45, 7) is 3.13. The minimum atomic E-state index is 0.596. The van der Waals surface area contributed by atoms with Gasteiger partial charge in [-0.2, -0.15) is 0 Å². The Morgan fingerprint density at radius 2 is 2.19 bits per heavy atom. The van der Waals surface area contributed by atoms with Crippen LogP contribution in [0.3, 0.4) is 0 Å². The van der Waals surface area contributed by atoms with Crippen LogP contribution >= 0.6 is 11.6 Å². The third kappa shape index (κ3) is 2.87. The summed E-state index contributed by atoms with van der Waals surface area (Å²) in [5, 5.41) is 4.44. The highest BCUT2D eigenvalue weighted by Gasteiger charge is 2.20. The van der Waals surface area contributed by atoms with E-state index in [0.717, 1.165) is 30.8 Å². The molecule has 0 aromatic heterocycles. The average Bonchev–Trinajstić information content (AvgIpc) is 2.66. The first-order chi connectivity index (χ1) is 7.79. The number of hydrogen-bond acceptors (Lipinski definition) is 1. The van der Waals surface area contributed by atoms with Crippen LogP contribution in [0.4, 0.5) is 0 Å². The number of fused-ring (bicyclic) bond motifs is 1. The highest BCUT2D eigenvalue weighted by molar-refractivity contribution is 6.30. The number of halogens is 1. The third-order valence-electron chi connectivity index (χ3n) is 3.08. The van der Waals surface area contributed by atoms with Crippen molar-refractivity contribution in [2.75, 3.05) is 6.54 Å². The number of rotatable bonds is 4. The molecule has 1 aliphatic carbocycles. The summed E-state index contributed by atoms with van der Waals surface area (Å²) in [5.74, 6) is 0. The largest absolute Gasteiger partial charge is 0.313 e. The van der Waals surface area contributed by atoms with Crippen molar-refractivity contribution in [3.05, 3.63) is 46.5 Å². The van der Waals surface area contributed by atoms with E-state index in [9.17, 15) is 0 Å². The Balaban J connectivity index is 1.86. The van der Waals surface area contributed by atoms with E-state index in [1.165, 1.54) is 11.1 Å². The Kier molecular flexibility index (Phi) is 4.03. The summed E-state index contributed by atoms with van der Waals surface area (Å²) < 4.78 is 0. The Morgan fingerprint density at radius 3 is 3.00 bits per heavy atom. The van der Waals surface area contributed by atoms with Gasteiger partial charge in [-0.1, -0.05) is 29.8 Å². The Hall–Kier alpha value is -0.790. The van der Waals surface area contributed by atoms with E-state index >= 15 is 0 Å². The molecule has 2 heteroatoms. The molecule has 0 aliphatic heterocycles. The average molecular weight is 236 g/mol. The van der Waals surface area contributed by atoms with Crippen molar-refractivity contribution in [2.24, 2.45) is 0 Å². The summed E-state index contributed by atoms with van der Waals surface area (Å²) >= 11 is 5.99. The summed E-state index contributed by atoms with van der Waals surface area (Å²) in [6, 6.07) is 6.84. The maximum atomic E-state index is 5.99. The molecular weight excluding hydrogens is 218 g/mol. The first kappa shape index (κ1) is 11.7. The highest BCUT2D eigenvalue weighted by Crippen LogP contribution is 2.25. The number of nitrogens with one attached hydrogen (secondary N) is 1. The van der Waals surface area contributed by atoms with E-state index in [-0.39, 0.29) is 0 Å². The van der Waals surface area contributed by atoms with Gasteiger partial charge in [-0.3, -0.25) is 0 Å². The molecular formula is C14H18ClN. The molecule has 0 bridgehead atoms. The van der Waals surface area contributed by atoms with E-state index in [2.05, 4.69) is 36.5 Å². The van der Waals surface area contributed by atoms with Gasteiger partial charge < -0.3 is 5.32 Å². The zero-order chi connectivity index (χ0) is 11.4. The van der Waals surface area contributed by atoms with Gasteiger partial charge in [0.2, 0.25) is 0 Å². The predicted molar refractivity (Wildman–Crippen MR) is 70.1 cm³/mol. The normalized spacial score (nSPS) is 19.2. The summed E-state index contributed by atoms with van der Waals surface area (Å²) in [6.07, 6.45) is 7.68. The molecule has 0 heterocycles. The fourth-order valence-corrected chi connectivity index (χ4v) is 2.46. The molecule has 1 atom stereocenters. The van der Waals surface area contributed by atoms with E-state index in [4.69, 9.17) is 11.6 Å². The Labute approximate surface area is 103 Å². The summed E-state index contributed by atoms with van der Waals surface area (Å²) in [4.78, 5) is 0. The fraction of sp³-hybridized carbons (Fsp3) is 0.429. The summed E-state index contributed by atoms with van der Waals surface area (Å²) in [5.41, 5.74) is 2.86. The third-order valence-corrected chi connectivity index (χ3v) is 3.32. The van der Waals surface area contributed by atoms with Crippen LogP contribution in [0.15, 0.2) is 30.4 Å². The van der Waals surface area contributed by atoms with Gasteiger partial charge in [0.05, 0.1) is 0 Å². The van der Waals surface area contributed by atoms with Crippen molar-refractivity contribution >= 4 is 11.6 Å². The van der Waals surface area contributed by atoms with Crippen LogP contribution in [0.1, 0.15) is 24.5 Å². The second-order valence-electron chi connectivity index (χ2n) is 4.33. The lowest BCUT2D eigenvalue weighted by Crippen LogP contribution is -2.30. The van der Waals surface area contributed by atoms with Crippen molar-refractivity contribution in [2.45, 2.75) is 32.2 Å². The van der Waals surface area contributed by atoms with Gasteiger partial charge >= 0.3 is 0 Å². The van der Waals surface area contributed by atoms with Crippen molar-refractivity contribution < 1.29 is 0 Å². The van der Waals surface area contributed by atoms with Gasteiger partial charge in [-0.05, 0) is 56.0 Å². The molecule has 16 heavy (non-hydrogen) atoms. The van der Waals surface area contributed by atoms with Crippen molar-refractivity contribution in [3.63, 3.8) is 0 Å². The topological polar surface area (TPSA) is 12.0 Å². The highest BCUT2D eigenvalue weighted by atomic mass is 35.5. The van der Waals surface area contributed by atoms with Crippen molar-refractivity contribution in [1.82, 2.24) is 5.32 Å². The molecule has 0 amide bonds. The van der Waals surface area contributed by atoms with Crippen LogP contribution in [0.5, 0.6) is 0 Å². The maximum absolute atomic E-state index is 5.99. The second-order valence-corrected chi connectivity index (χ2v) is 4.77. The molecule has 1 N–H and O–H groups in total. The number of hydrogen-bond donors (Lipinski definition) is 1. The van der Waals surface area contributed by atoms with Crippen LogP contribution in [-0.2, 0) is 12.8 Å². The van der Waals surface area contributed by atoms with Gasteiger partial charge in [0.15, 0.2) is 0 Å². The van der Waals surface area contributed by atoms with Crippen LogP contribution < -0.4 is 5.32 Å². The van der Waals surface area contributed by atoms with Gasteiger partial charge in [0.1, 0.15) is 0 Å². The number of allylic oxidation sites excluding steroid dienone is 1.